The second-order valence-corrected chi connectivity index (χ2v) is 6.16. The Hall–Kier alpha value is -1.14. The van der Waals surface area contributed by atoms with Gasteiger partial charge in [-0.25, -0.2) is 9.97 Å². The molecular formula is C14H21N3O2S. The van der Waals surface area contributed by atoms with E-state index in [1.165, 1.54) is 37.4 Å². The molecule has 1 aliphatic rings. The van der Waals surface area contributed by atoms with Crippen molar-refractivity contribution in [1.82, 2.24) is 9.97 Å². The summed E-state index contributed by atoms with van der Waals surface area (Å²) in [5.41, 5.74) is 0. The van der Waals surface area contributed by atoms with Gasteiger partial charge in [0.15, 0.2) is 5.82 Å². The summed E-state index contributed by atoms with van der Waals surface area (Å²) < 4.78 is 0. The molecule has 0 aliphatic heterocycles. The first kappa shape index (κ1) is 15.3. The molecule has 1 saturated carbocycles. The summed E-state index contributed by atoms with van der Waals surface area (Å²) in [6, 6.07) is 0. The van der Waals surface area contributed by atoms with Crippen molar-refractivity contribution in [3.63, 3.8) is 0 Å². The molecular weight excluding hydrogens is 274 g/mol. The molecule has 1 aromatic rings. The van der Waals surface area contributed by atoms with E-state index in [1.807, 2.05) is 0 Å². The largest absolute Gasteiger partial charge is 0.396 e. The zero-order chi connectivity index (χ0) is 14.2. The van der Waals surface area contributed by atoms with Gasteiger partial charge in [-0.05, 0) is 12.3 Å². The SMILES string of the molecule is O=C(CCC1CCCC1)Nc1cnc(SCCO)cn1. The van der Waals surface area contributed by atoms with Crippen molar-refractivity contribution in [3.8, 4) is 0 Å². The van der Waals surface area contributed by atoms with Crippen LogP contribution in [0.5, 0.6) is 0 Å². The quantitative estimate of drug-likeness (QED) is 0.756. The number of hydrogen-bond acceptors (Lipinski definition) is 5. The molecule has 110 valence electrons. The number of amides is 1. The summed E-state index contributed by atoms with van der Waals surface area (Å²) in [4.78, 5) is 20.1. The normalized spacial score (nSPS) is 15.4. The molecule has 2 N–H and O–H groups in total. The monoisotopic (exact) mass is 295 g/mol. The Morgan fingerprint density at radius 1 is 1.35 bits per heavy atom. The van der Waals surface area contributed by atoms with Gasteiger partial charge in [-0.3, -0.25) is 4.79 Å². The van der Waals surface area contributed by atoms with Gasteiger partial charge in [-0.2, -0.15) is 0 Å². The molecule has 0 radical (unpaired) electrons. The first-order valence-electron chi connectivity index (χ1n) is 7.13. The topological polar surface area (TPSA) is 75.1 Å². The third-order valence-corrected chi connectivity index (χ3v) is 4.38. The van der Waals surface area contributed by atoms with Crippen molar-refractivity contribution in [3.05, 3.63) is 12.4 Å². The van der Waals surface area contributed by atoms with E-state index in [4.69, 9.17) is 5.11 Å². The van der Waals surface area contributed by atoms with Crippen LogP contribution in [-0.2, 0) is 4.79 Å². The molecule has 0 unspecified atom stereocenters. The molecule has 0 aromatic carbocycles. The summed E-state index contributed by atoms with van der Waals surface area (Å²) in [6.45, 7) is 0.117. The van der Waals surface area contributed by atoms with E-state index in [0.29, 0.717) is 18.0 Å². The summed E-state index contributed by atoms with van der Waals surface area (Å²) >= 11 is 1.44. The first-order chi connectivity index (χ1) is 9.78. The zero-order valence-corrected chi connectivity index (χ0v) is 12.4. The summed E-state index contributed by atoms with van der Waals surface area (Å²) in [5, 5.41) is 12.3. The van der Waals surface area contributed by atoms with Crippen LogP contribution in [0.25, 0.3) is 0 Å². The van der Waals surface area contributed by atoms with E-state index < -0.39 is 0 Å². The van der Waals surface area contributed by atoms with Gasteiger partial charge in [0.2, 0.25) is 5.91 Å². The van der Waals surface area contributed by atoms with Crippen molar-refractivity contribution in [2.75, 3.05) is 17.7 Å². The van der Waals surface area contributed by atoms with Crippen molar-refractivity contribution in [1.29, 1.82) is 0 Å². The van der Waals surface area contributed by atoms with E-state index in [0.717, 1.165) is 17.4 Å². The summed E-state index contributed by atoms with van der Waals surface area (Å²) in [6.07, 6.45) is 9.88. The number of anilines is 1. The third-order valence-electron chi connectivity index (χ3n) is 3.49. The van der Waals surface area contributed by atoms with E-state index in [-0.39, 0.29) is 12.5 Å². The average molecular weight is 295 g/mol. The van der Waals surface area contributed by atoms with Gasteiger partial charge < -0.3 is 10.4 Å². The second kappa shape index (κ2) is 8.21. The smallest absolute Gasteiger partial charge is 0.225 e. The summed E-state index contributed by atoms with van der Waals surface area (Å²) in [5.74, 6) is 1.84. The van der Waals surface area contributed by atoms with Gasteiger partial charge in [0.25, 0.3) is 0 Å². The standard InChI is InChI=1S/C14H21N3O2S/c18-7-8-20-14-10-15-12(9-16-14)17-13(19)6-5-11-3-1-2-4-11/h9-11,18H,1-8H2,(H,15,17,19). The number of hydrogen-bond donors (Lipinski definition) is 2. The molecule has 1 aromatic heterocycles. The molecule has 5 nitrogen and oxygen atoms in total. The van der Waals surface area contributed by atoms with Crippen molar-refractivity contribution >= 4 is 23.5 Å². The number of aliphatic hydroxyl groups is 1. The molecule has 20 heavy (non-hydrogen) atoms. The molecule has 0 saturated heterocycles. The predicted octanol–water partition coefficient (Wildman–Crippen LogP) is 2.47. The lowest BCUT2D eigenvalue weighted by atomic mass is 10.0. The maximum absolute atomic E-state index is 11.8. The Morgan fingerprint density at radius 3 is 2.80 bits per heavy atom. The van der Waals surface area contributed by atoms with E-state index in [1.54, 1.807) is 12.4 Å². The molecule has 0 atom stereocenters. The molecule has 6 heteroatoms. The highest BCUT2D eigenvalue weighted by Gasteiger charge is 2.16. The Kier molecular flexibility index (Phi) is 6.26. The first-order valence-corrected chi connectivity index (χ1v) is 8.12. The van der Waals surface area contributed by atoms with Gasteiger partial charge in [0.05, 0.1) is 19.0 Å². The van der Waals surface area contributed by atoms with Gasteiger partial charge >= 0.3 is 0 Å². The molecule has 1 heterocycles. The summed E-state index contributed by atoms with van der Waals surface area (Å²) in [7, 11) is 0. The van der Waals surface area contributed by atoms with Crippen molar-refractivity contribution < 1.29 is 9.90 Å². The Bertz CT molecular complexity index is 419. The molecule has 0 bridgehead atoms. The van der Waals surface area contributed by atoms with Crippen LogP contribution in [0, 0.1) is 5.92 Å². The number of aliphatic hydroxyl groups excluding tert-OH is 1. The van der Waals surface area contributed by atoms with Crippen LogP contribution in [0.1, 0.15) is 38.5 Å². The lowest BCUT2D eigenvalue weighted by Gasteiger charge is -2.08. The van der Waals surface area contributed by atoms with E-state index >= 15 is 0 Å². The predicted molar refractivity (Wildman–Crippen MR) is 79.7 cm³/mol. The minimum absolute atomic E-state index is 0.0157. The van der Waals surface area contributed by atoms with Crippen LogP contribution in [0.3, 0.4) is 0 Å². The van der Waals surface area contributed by atoms with Crippen molar-refractivity contribution in [2.24, 2.45) is 5.92 Å². The zero-order valence-electron chi connectivity index (χ0n) is 11.5. The Morgan fingerprint density at radius 2 is 2.15 bits per heavy atom. The fourth-order valence-corrected chi connectivity index (χ4v) is 3.00. The lowest BCUT2D eigenvalue weighted by molar-refractivity contribution is -0.116. The van der Waals surface area contributed by atoms with Crippen LogP contribution >= 0.6 is 11.8 Å². The number of carbonyl (C=O) groups is 1. The van der Waals surface area contributed by atoms with Gasteiger partial charge in [-0.1, -0.05) is 25.7 Å². The van der Waals surface area contributed by atoms with Gasteiger partial charge in [-0.15, -0.1) is 11.8 Å². The molecule has 1 aliphatic carbocycles. The highest BCUT2D eigenvalue weighted by atomic mass is 32.2. The van der Waals surface area contributed by atoms with Crippen LogP contribution in [0.2, 0.25) is 0 Å². The highest BCUT2D eigenvalue weighted by molar-refractivity contribution is 7.99. The molecule has 1 amide bonds. The van der Waals surface area contributed by atoms with Crippen LogP contribution in [-0.4, -0.2) is 33.3 Å². The molecule has 0 spiro atoms. The maximum Gasteiger partial charge on any atom is 0.225 e. The fraction of sp³-hybridized carbons (Fsp3) is 0.643. The minimum Gasteiger partial charge on any atom is -0.396 e. The van der Waals surface area contributed by atoms with Gasteiger partial charge in [0, 0.05) is 12.2 Å². The molecule has 2 rings (SSSR count). The number of nitrogens with one attached hydrogen (secondary N) is 1. The van der Waals surface area contributed by atoms with E-state index in [2.05, 4.69) is 15.3 Å². The third kappa shape index (κ3) is 5.09. The number of carbonyl (C=O) groups excluding carboxylic acids is 1. The van der Waals surface area contributed by atoms with Crippen LogP contribution < -0.4 is 5.32 Å². The average Bonchev–Trinajstić information content (AvgIpc) is 2.98. The minimum atomic E-state index is 0.0157. The van der Waals surface area contributed by atoms with Crippen LogP contribution in [0.15, 0.2) is 17.4 Å². The second-order valence-electron chi connectivity index (χ2n) is 5.05. The lowest BCUT2D eigenvalue weighted by Crippen LogP contribution is -2.14. The van der Waals surface area contributed by atoms with E-state index in [9.17, 15) is 4.79 Å². The number of thioether (sulfide) groups is 1. The fourth-order valence-electron chi connectivity index (χ4n) is 2.45. The van der Waals surface area contributed by atoms with Crippen molar-refractivity contribution in [2.45, 2.75) is 43.6 Å². The maximum atomic E-state index is 11.8. The van der Waals surface area contributed by atoms with Crippen LogP contribution in [0.4, 0.5) is 5.82 Å². The highest BCUT2D eigenvalue weighted by Crippen LogP contribution is 2.28. The number of rotatable bonds is 7. The number of nitrogens with zero attached hydrogens (tertiary/aromatic N) is 2. The Labute approximate surface area is 123 Å². The Balaban J connectivity index is 1.72. The number of aromatic nitrogens is 2. The molecule has 1 fully saturated rings. The van der Waals surface area contributed by atoms with Gasteiger partial charge in [0.1, 0.15) is 5.03 Å².